The summed E-state index contributed by atoms with van der Waals surface area (Å²) in [5.74, 6) is 0.470. The van der Waals surface area contributed by atoms with Crippen LogP contribution in [0.1, 0.15) is 22.4 Å². The van der Waals surface area contributed by atoms with Crippen LogP contribution in [0.3, 0.4) is 0 Å². The largest absolute Gasteiger partial charge is 0.351 e. The van der Waals surface area contributed by atoms with E-state index in [1.807, 2.05) is 6.92 Å². The molecule has 2 rings (SSSR count). The molecular weight excluding hydrogens is 270 g/mol. The number of aryl methyl sites for hydroxylation is 3. The second kappa shape index (κ2) is 6.61. The first-order valence-electron chi connectivity index (χ1n) is 6.52. The van der Waals surface area contributed by atoms with E-state index in [1.54, 1.807) is 18.0 Å². The van der Waals surface area contributed by atoms with E-state index in [0.717, 1.165) is 11.3 Å². The van der Waals surface area contributed by atoms with E-state index in [4.69, 9.17) is 0 Å². The highest BCUT2D eigenvalue weighted by molar-refractivity contribution is 8.00. The molecule has 2 N–H and O–H groups in total. The minimum atomic E-state index is 0.0384. The van der Waals surface area contributed by atoms with Gasteiger partial charge in [0.05, 0.1) is 11.9 Å². The van der Waals surface area contributed by atoms with Crippen molar-refractivity contribution in [1.29, 1.82) is 0 Å². The third-order valence-corrected chi connectivity index (χ3v) is 4.27. The number of rotatable bonds is 5. The average Bonchev–Trinajstić information content (AvgIpc) is 2.83. The molecule has 4 nitrogen and oxygen atoms in total. The fraction of sp³-hybridized carbons (Fsp3) is 0.333. The standard InChI is InChI=1S/C15H19N3OS/c1-10-4-5-11(2)14(6-10)20-9-15(19)16-7-13-8-17-18-12(13)3/h4-6,8H,7,9H2,1-3H3,(H,16,19)(H,17,18). The fourth-order valence-electron chi connectivity index (χ4n) is 1.80. The first-order chi connectivity index (χ1) is 9.56. The topological polar surface area (TPSA) is 57.8 Å². The lowest BCUT2D eigenvalue weighted by molar-refractivity contribution is -0.118. The van der Waals surface area contributed by atoms with E-state index in [2.05, 4.69) is 47.6 Å². The van der Waals surface area contributed by atoms with Crippen LogP contribution in [-0.4, -0.2) is 21.9 Å². The lowest BCUT2D eigenvalue weighted by Gasteiger charge is -2.07. The molecule has 106 valence electrons. The van der Waals surface area contributed by atoms with Crippen molar-refractivity contribution in [3.8, 4) is 0 Å². The summed E-state index contributed by atoms with van der Waals surface area (Å²) in [5.41, 5.74) is 4.44. The van der Waals surface area contributed by atoms with Gasteiger partial charge in [0.15, 0.2) is 0 Å². The maximum absolute atomic E-state index is 11.9. The molecule has 0 saturated heterocycles. The molecule has 0 aliphatic rings. The number of thioether (sulfide) groups is 1. The second-order valence-corrected chi connectivity index (χ2v) is 5.87. The third-order valence-electron chi connectivity index (χ3n) is 3.11. The predicted molar refractivity (Wildman–Crippen MR) is 81.8 cm³/mol. The van der Waals surface area contributed by atoms with E-state index in [9.17, 15) is 4.79 Å². The Morgan fingerprint density at radius 3 is 2.85 bits per heavy atom. The molecular formula is C15H19N3OS. The zero-order valence-corrected chi connectivity index (χ0v) is 12.8. The number of nitrogens with one attached hydrogen (secondary N) is 2. The van der Waals surface area contributed by atoms with E-state index >= 15 is 0 Å². The van der Waals surface area contributed by atoms with Crippen LogP contribution in [0.15, 0.2) is 29.3 Å². The van der Waals surface area contributed by atoms with Crippen LogP contribution in [0.25, 0.3) is 0 Å². The molecule has 1 heterocycles. The number of hydrogen-bond donors (Lipinski definition) is 2. The van der Waals surface area contributed by atoms with Crippen molar-refractivity contribution in [3.63, 3.8) is 0 Å². The molecule has 0 atom stereocenters. The van der Waals surface area contributed by atoms with Crippen molar-refractivity contribution in [2.45, 2.75) is 32.2 Å². The van der Waals surface area contributed by atoms with Crippen molar-refractivity contribution in [3.05, 3.63) is 46.8 Å². The highest BCUT2D eigenvalue weighted by Crippen LogP contribution is 2.23. The Hall–Kier alpha value is -1.75. The van der Waals surface area contributed by atoms with E-state index in [1.165, 1.54) is 16.0 Å². The quantitative estimate of drug-likeness (QED) is 0.832. The summed E-state index contributed by atoms with van der Waals surface area (Å²) in [4.78, 5) is 13.0. The highest BCUT2D eigenvalue weighted by Gasteiger charge is 2.06. The van der Waals surface area contributed by atoms with Crippen molar-refractivity contribution >= 4 is 17.7 Å². The average molecular weight is 289 g/mol. The third kappa shape index (κ3) is 3.87. The Bertz CT molecular complexity index is 607. The van der Waals surface area contributed by atoms with Gasteiger partial charge in [-0.05, 0) is 32.4 Å². The number of aromatic amines is 1. The van der Waals surface area contributed by atoms with Gasteiger partial charge in [0.25, 0.3) is 0 Å². The normalized spacial score (nSPS) is 10.6. The van der Waals surface area contributed by atoms with Crippen molar-refractivity contribution in [1.82, 2.24) is 15.5 Å². The number of nitrogens with zero attached hydrogens (tertiary/aromatic N) is 1. The monoisotopic (exact) mass is 289 g/mol. The number of amides is 1. The SMILES string of the molecule is Cc1ccc(C)c(SCC(=O)NCc2cn[nH]c2C)c1. The van der Waals surface area contributed by atoms with Crippen molar-refractivity contribution < 1.29 is 4.79 Å². The Labute approximate surface area is 123 Å². The predicted octanol–water partition coefficient (Wildman–Crippen LogP) is 2.74. The Morgan fingerprint density at radius 1 is 1.35 bits per heavy atom. The van der Waals surface area contributed by atoms with Crippen LogP contribution >= 0.6 is 11.8 Å². The summed E-state index contributed by atoms with van der Waals surface area (Å²) in [5, 5.41) is 9.70. The molecule has 0 unspecified atom stereocenters. The van der Waals surface area contributed by atoms with Gasteiger partial charge < -0.3 is 5.32 Å². The molecule has 0 radical (unpaired) electrons. The number of benzene rings is 1. The number of aromatic nitrogens is 2. The van der Waals surface area contributed by atoms with Crippen LogP contribution in [-0.2, 0) is 11.3 Å². The molecule has 2 aromatic rings. The van der Waals surface area contributed by atoms with Crippen LogP contribution in [0, 0.1) is 20.8 Å². The van der Waals surface area contributed by atoms with Crippen LogP contribution < -0.4 is 5.32 Å². The molecule has 0 bridgehead atoms. The number of carbonyl (C=O) groups is 1. The van der Waals surface area contributed by atoms with E-state index in [0.29, 0.717) is 12.3 Å². The maximum Gasteiger partial charge on any atom is 0.230 e. The molecule has 0 spiro atoms. The molecule has 0 aliphatic carbocycles. The lowest BCUT2D eigenvalue weighted by atomic mass is 10.2. The molecule has 5 heteroatoms. The second-order valence-electron chi connectivity index (χ2n) is 4.85. The van der Waals surface area contributed by atoms with Gasteiger partial charge in [0.1, 0.15) is 0 Å². The summed E-state index contributed by atoms with van der Waals surface area (Å²) in [6.45, 7) is 6.59. The van der Waals surface area contributed by atoms with E-state index < -0.39 is 0 Å². The summed E-state index contributed by atoms with van der Waals surface area (Å²) in [6.07, 6.45) is 1.74. The van der Waals surface area contributed by atoms with Gasteiger partial charge in [-0.2, -0.15) is 5.10 Å². The summed E-state index contributed by atoms with van der Waals surface area (Å²) >= 11 is 1.58. The van der Waals surface area contributed by atoms with Gasteiger partial charge in [-0.3, -0.25) is 9.89 Å². The van der Waals surface area contributed by atoms with Crippen molar-refractivity contribution in [2.75, 3.05) is 5.75 Å². The fourth-order valence-corrected chi connectivity index (χ4v) is 2.76. The van der Waals surface area contributed by atoms with Gasteiger partial charge in [0.2, 0.25) is 5.91 Å². The first-order valence-corrected chi connectivity index (χ1v) is 7.50. The molecule has 1 aromatic heterocycles. The van der Waals surface area contributed by atoms with Crippen LogP contribution in [0.2, 0.25) is 0 Å². The smallest absolute Gasteiger partial charge is 0.230 e. The number of carbonyl (C=O) groups excluding carboxylic acids is 1. The molecule has 0 aliphatic heterocycles. The zero-order valence-electron chi connectivity index (χ0n) is 12.0. The first kappa shape index (κ1) is 14.7. The van der Waals surface area contributed by atoms with E-state index in [-0.39, 0.29) is 5.91 Å². The number of H-pyrrole nitrogens is 1. The van der Waals surface area contributed by atoms with Gasteiger partial charge in [-0.1, -0.05) is 17.7 Å². The molecule has 1 aromatic carbocycles. The maximum atomic E-state index is 11.9. The molecule has 1 amide bonds. The Kier molecular flexibility index (Phi) is 4.84. The highest BCUT2D eigenvalue weighted by atomic mass is 32.2. The lowest BCUT2D eigenvalue weighted by Crippen LogP contribution is -2.24. The number of hydrogen-bond acceptors (Lipinski definition) is 3. The van der Waals surface area contributed by atoms with Crippen molar-refractivity contribution in [2.24, 2.45) is 0 Å². The molecule has 0 saturated carbocycles. The zero-order chi connectivity index (χ0) is 14.5. The Balaban J connectivity index is 1.83. The minimum absolute atomic E-state index is 0.0384. The van der Waals surface area contributed by atoms with Crippen LogP contribution in [0.5, 0.6) is 0 Å². The Morgan fingerprint density at radius 2 is 2.15 bits per heavy atom. The minimum Gasteiger partial charge on any atom is -0.351 e. The molecule has 20 heavy (non-hydrogen) atoms. The van der Waals surface area contributed by atoms with Gasteiger partial charge in [0, 0.05) is 22.7 Å². The summed E-state index contributed by atoms with van der Waals surface area (Å²) < 4.78 is 0. The van der Waals surface area contributed by atoms with Gasteiger partial charge in [-0.15, -0.1) is 11.8 Å². The van der Waals surface area contributed by atoms with Crippen LogP contribution in [0.4, 0.5) is 0 Å². The van der Waals surface area contributed by atoms with Gasteiger partial charge >= 0.3 is 0 Å². The summed E-state index contributed by atoms with van der Waals surface area (Å²) in [6, 6.07) is 6.29. The molecule has 0 fully saturated rings. The van der Waals surface area contributed by atoms with Gasteiger partial charge in [-0.25, -0.2) is 0 Å². The summed E-state index contributed by atoms with van der Waals surface area (Å²) in [7, 11) is 0.